The normalized spacial score (nSPS) is 12.6. The van der Waals surface area contributed by atoms with Gasteiger partial charge in [-0.15, -0.1) is 0 Å². The summed E-state index contributed by atoms with van der Waals surface area (Å²) in [5.41, 5.74) is 0.975. The van der Waals surface area contributed by atoms with Gasteiger partial charge in [-0.25, -0.2) is 9.97 Å². The average Bonchev–Trinajstić information content (AvgIpc) is 3.25. The summed E-state index contributed by atoms with van der Waals surface area (Å²) < 4.78 is 4.10. The van der Waals surface area contributed by atoms with Gasteiger partial charge in [-0.3, -0.25) is 4.68 Å². The van der Waals surface area contributed by atoms with Crippen molar-refractivity contribution >= 4 is 0 Å². The largest absolute Gasteiger partial charge is 0.339 e. The molecule has 6 heteroatoms. The second-order valence-corrected chi connectivity index (χ2v) is 5.58. The molecule has 3 aromatic rings. The van der Waals surface area contributed by atoms with Gasteiger partial charge < -0.3 is 9.55 Å². The quantitative estimate of drug-likeness (QED) is 0.729. The van der Waals surface area contributed by atoms with Gasteiger partial charge >= 0.3 is 0 Å². The van der Waals surface area contributed by atoms with Crippen LogP contribution in [0.4, 0.5) is 0 Å². The fourth-order valence-electron chi connectivity index (χ4n) is 2.59. The Hall–Kier alpha value is -2.37. The third-order valence-corrected chi connectivity index (χ3v) is 3.79. The molecule has 0 unspecified atom stereocenters. The highest BCUT2D eigenvalue weighted by Crippen LogP contribution is 2.20. The lowest BCUT2D eigenvalue weighted by Gasteiger charge is -2.15. The number of imidazole rings is 2. The van der Waals surface area contributed by atoms with Crippen LogP contribution in [-0.4, -0.2) is 29.3 Å². The lowest BCUT2D eigenvalue weighted by atomic mass is 10.2. The molecular formula is C16H22N6. The number of aryl methyl sites for hydroxylation is 1. The van der Waals surface area contributed by atoms with Crippen LogP contribution in [0.3, 0.4) is 0 Å². The number of aromatic nitrogens is 6. The van der Waals surface area contributed by atoms with Crippen LogP contribution in [0.25, 0.3) is 11.5 Å². The topological polar surface area (TPSA) is 64.3 Å². The molecule has 3 rings (SSSR count). The molecule has 0 aliphatic heterocycles. The Kier molecular flexibility index (Phi) is 4.37. The Morgan fingerprint density at radius 3 is 2.91 bits per heavy atom. The van der Waals surface area contributed by atoms with Gasteiger partial charge in [-0.05, 0) is 19.4 Å². The van der Waals surface area contributed by atoms with Crippen molar-refractivity contribution in [2.45, 2.75) is 45.7 Å². The fraction of sp³-hybridized carbons (Fsp3) is 0.438. The van der Waals surface area contributed by atoms with Crippen molar-refractivity contribution < 1.29 is 0 Å². The van der Waals surface area contributed by atoms with Crippen molar-refractivity contribution in [2.75, 3.05) is 0 Å². The van der Waals surface area contributed by atoms with Gasteiger partial charge in [-0.2, -0.15) is 5.10 Å². The average molecular weight is 298 g/mol. The number of nitrogens with one attached hydrogen (secondary N) is 1. The minimum absolute atomic E-state index is 0.264. The monoisotopic (exact) mass is 298 g/mol. The molecule has 6 nitrogen and oxygen atoms in total. The highest BCUT2D eigenvalue weighted by molar-refractivity contribution is 5.49. The lowest BCUT2D eigenvalue weighted by Crippen LogP contribution is -2.14. The Balaban J connectivity index is 1.77. The van der Waals surface area contributed by atoms with Crippen LogP contribution in [0.15, 0.2) is 37.1 Å². The van der Waals surface area contributed by atoms with E-state index in [0.717, 1.165) is 36.7 Å². The van der Waals surface area contributed by atoms with Gasteiger partial charge in [0.1, 0.15) is 11.5 Å². The van der Waals surface area contributed by atoms with Crippen LogP contribution < -0.4 is 0 Å². The summed E-state index contributed by atoms with van der Waals surface area (Å²) in [6.07, 6.45) is 12.8. The second kappa shape index (κ2) is 6.60. The first kappa shape index (κ1) is 14.6. The first-order valence-corrected chi connectivity index (χ1v) is 7.82. The number of hydrogen-bond donors (Lipinski definition) is 1. The summed E-state index contributed by atoms with van der Waals surface area (Å²) in [6.45, 7) is 5.17. The smallest absolute Gasteiger partial charge is 0.158 e. The Morgan fingerprint density at radius 1 is 1.23 bits per heavy atom. The molecule has 0 saturated heterocycles. The van der Waals surface area contributed by atoms with E-state index < -0.39 is 0 Å². The molecule has 22 heavy (non-hydrogen) atoms. The molecule has 0 aliphatic rings. The summed E-state index contributed by atoms with van der Waals surface area (Å²) >= 11 is 0. The van der Waals surface area contributed by atoms with Crippen LogP contribution in [0.1, 0.15) is 38.6 Å². The van der Waals surface area contributed by atoms with Crippen molar-refractivity contribution in [3.63, 3.8) is 0 Å². The van der Waals surface area contributed by atoms with Gasteiger partial charge in [0.15, 0.2) is 5.82 Å². The molecule has 1 N–H and O–H groups in total. The zero-order valence-corrected chi connectivity index (χ0v) is 13.1. The summed E-state index contributed by atoms with van der Waals surface area (Å²) in [5.74, 6) is 1.96. The van der Waals surface area contributed by atoms with Crippen LogP contribution in [0.5, 0.6) is 0 Å². The highest BCUT2D eigenvalue weighted by Gasteiger charge is 2.14. The van der Waals surface area contributed by atoms with E-state index >= 15 is 0 Å². The lowest BCUT2D eigenvalue weighted by molar-refractivity contribution is 0.440. The van der Waals surface area contributed by atoms with Crippen LogP contribution >= 0.6 is 0 Å². The Morgan fingerprint density at radius 2 is 2.14 bits per heavy atom. The molecular weight excluding hydrogens is 276 g/mol. The fourth-order valence-corrected chi connectivity index (χ4v) is 2.59. The van der Waals surface area contributed by atoms with E-state index in [1.165, 1.54) is 6.42 Å². The first-order chi connectivity index (χ1) is 10.8. The molecule has 116 valence electrons. The van der Waals surface area contributed by atoms with Crippen molar-refractivity contribution in [3.8, 4) is 11.5 Å². The van der Waals surface area contributed by atoms with E-state index in [0.29, 0.717) is 0 Å². The zero-order chi connectivity index (χ0) is 15.4. The number of aromatic amines is 1. The molecule has 0 amide bonds. The highest BCUT2D eigenvalue weighted by atomic mass is 15.3. The third kappa shape index (κ3) is 3.10. The van der Waals surface area contributed by atoms with E-state index in [-0.39, 0.29) is 6.04 Å². The molecule has 0 aliphatic carbocycles. The van der Waals surface area contributed by atoms with Crippen LogP contribution in [0.2, 0.25) is 0 Å². The van der Waals surface area contributed by atoms with Crippen molar-refractivity contribution in [3.05, 3.63) is 42.9 Å². The number of hydrogen-bond acceptors (Lipinski definition) is 3. The first-order valence-electron chi connectivity index (χ1n) is 7.82. The molecule has 0 aromatic carbocycles. The van der Waals surface area contributed by atoms with E-state index in [1.807, 2.05) is 35.5 Å². The predicted molar refractivity (Wildman–Crippen MR) is 85.4 cm³/mol. The van der Waals surface area contributed by atoms with Gasteiger partial charge in [-0.1, -0.05) is 13.3 Å². The zero-order valence-electron chi connectivity index (χ0n) is 13.1. The number of H-pyrrole nitrogens is 1. The van der Waals surface area contributed by atoms with Crippen LogP contribution in [0, 0.1) is 0 Å². The summed E-state index contributed by atoms with van der Waals surface area (Å²) in [5, 5.41) is 4.27. The SMILES string of the molecule is CCCCc1ncc(-c2nccn2[C@@H](C)Cn2cccn2)[nH]1. The van der Waals surface area contributed by atoms with Gasteiger partial charge in [0.05, 0.1) is 18.8 Å². The summed E-state index contributed by atoms with van der Waals surface area (Å²) in [7, 11) is 0. The Bertz CT molecular complexity index is 694. The predicted octanol–water partition coefficient (Wildman–Crippen LogP) is 3.07. The van der Waals surface area contributed by atoms with Gasteiger partial charge in [0, 0.05) is 31.2 Å². The minimum atomic E-state index is 0.264. The van der Waals surface area contributed by atoms with Crippen molar-refractivity contribution in [2.24, 2.45) is 0 Å². The van der Waals surface area contributed by atoms with E-state index in [4.69, 9.17) is 0 Å². The van der Waals surface area contributed by atoms with E-state index in [1.54, 1.807) is 6.20 Å². The van der Waals surface area contributed by atoms with Crippen molar-refractivity contribution in [1.29, 1.82) is 0 Å². The standard InChI is InChI=1S/C16H22N6/c1-3-4-6-15-18-11-14(20-15)16-17-8-10-22(16)13(2)12-21-9-5-7-19-21/h5,7-11,13H,3-4,6,12H2,1-2H3,(H,18,20)/t13-/m0/s1. The molecule has 0 radical (unpaired) electrons. The van der Waals surface area contributed by atoms with Crippen LogP contribution in [-0.2, 0) is 13.0 Å². The third-order valence-electron chi connectivity index (χ3n) is 3.79. The number of unbranched alkanes of at least 4 members (excludes halogenated alkanes) is 1. The maximum Gasteiger partial charge on any atom is 0.158 e. The number of rotatable bonds is 7. The maximum absolute atomic E-state index is 4.49. The Labute approximate surface area is 130 Å². The van der Waals surface area contributed by atoms with Gasteiger partial charge in [0.2, 0.25) is 0 Å². The second-order valence-electron chi connectivity index (χ2n) is 5.58. The molecule has 0 fully saturated rings. The van der Waals surface area contributed by atoms with Crippen molar-refractivity contribution in [1.82, 2.24) is 29.3 Å². The molecule has 0 saturated carbocycles. The molecule has 3 heterocycles. The summed E-state index contributed by atoms with van der Waals surface area (Å²) in [6, 6.07) is 2.20. The van der Waals surface area contributed by atoms with Gasteiger partial charge in [0.25, 0.3) is 0 Å². The molecule has 0 bridgehead atoms. The number of nitrogens with zero attached hydrogens (tertiary/aromatic N) is 5. The summed E-state index contributed by atoms with van der Waals surface area (Å²) in [4.78, 5) is 12.3. The van der Waals surface area contributed by atoms with E-state index in [2.05, 4.69) is 38.5 Å². The minimum Gasteiger partial charge on any atom is -0.339 e. The van der Waals surface area contributed by atoms with E-state index in [9.17, 15) is 0 Å². The molecule has 3 aromatic heterocycles. The molecule has 1 atom stereocenters. The maximum atomic E-state index is 4.49. The molecule has 0 spiro atoms.